The van der Waals surface area contributed by atoms with Gasteiger partial charge in [0.25, 0.3) is 5.56 Å². The molecule has 0 saturated carbocycles. The Morgan fingerprint density at radius 2 is 1.88 bits per heavy atom. The number of hydrogen-bond acceptors (Lipinski definition) is 4. The number of fused-ring (bicyclic) bond motifs is 1. The van der Waals surface area contributed by atoms with Crippen LogP contribution in [0.4, 0.5) is 5.69 Å². The molecule has 0 N–H and O–H groups in total. The first-order valence-corrected chi connectivity index (χ1v) is 9.76. The molecule has 2 aromatic rings. The lowest BCUT2D eigenvalue weighted by atomic mass is 10.2. The number of carbonyl (C=O) groups is 1. The number of anilines is 1. The molecule has 1 amide bonds. The van der Waals surface area contributed by atoms with Gasteiger partial charge in [0, 0.05) is 51.6 Å². The Bertz CT molecular complexity index is 995. The first-order chi connectivity index (χ1) is 12.3. The number of nitrogens with zero attached hydrogens (tertiary/aromatic N) is 3. The van der Waals surface area contributed by atoms with Gasteiger partial charge in [-0.25, -0.2) is 12.7 Å². The molecular weight excluding hydrogens is 354 g/mol. The lowest BCUT2D eigenvalue weighted by molar-refractivity contribution is -0.118. The second-order valence-electron chi connectivity index (χ2n) is 6.36. The topological polar surface area (TPSA) is 79.7 Å². The van der Waals surface area contributed by atoms with Crippen LogP contribution in [-0.2, 0) is 27.8 Å². The lowest BCUT2D eigenvalue weighted by Gasteiger charge is -2.18. The van der Waals surface area contributed by atoms with Crippen LogP contribution in [0.25, 0.3) is 0 Å². The minimum absolute atomic E-state index is 0.0288. The highest BCUT2D eigenvalue weighted by molar-refractivity contribution is 7.89. The summed E-state index contributed by atoms with van der Waals surface area (Å²) in [6, 6.07) is 10.3. The Morgan fingerprint density at radius 3 is 2.62 bits per heavy atom. The van der Waals surface area contributed by atoms with Crippen molar-refractivity contribution < 1.29 is 13.2 Å². The zero-order valence-electron chi connectivity index (χ0n) is 14.8. The molecule has 26 heavy (non-hydrogen) atoms. The van der Waals surface area contributed by atoms with E-state index >= 15 is 0 Å². The number of amides is 1. The zero-order chi connectivity index (χ0) is 18.9. The third kappa shape index (κ3) is 3.42. The first-order valence-electron chi connectivity index (χ1n) is 8.32. The number of hydrogen-bond donors (Lipinski definition) is 0. The van der Waals surface area contributed by atoms with E-state index < -0.39 is 10.0 Å². The highest BCUT2D eigenvalue weighted by atomic mass is 32.2. The minimum atomic E-state index is -3.63. The van der Waals surface area contributed by atoms with Crippen molar-refractivity contribution in [3.63, 3.8) is 0 Å². The van der Waals surface area contributed by atoms with Crippen molar-refractivity contribution in [2.45, 2.75) is 24.3 Å². The molecule has 0 saturated heterocycles. The summed E-state index contributed by atoms with van der Waals surface area (Å²) in [5, 5.41) is 0. The Hall–Kier alpha value is -2.45. The predicted molar refractivity (Wildman–Crippen MR) is 98.7 cm³/mol. The average molecular weight is 375 g/mol. The summed E-state index contributed by atoms with van der Waals surface area (Å²) in [4.78, 5) is 26.3. The molecule has 0 aliphatic carbocycles. The Morgan fingerprint density at radius 1 is 1.15 bits per heavy atom. The van der Waals surface area contributed by atoms with Gasteiger partial charge in [-0.1, -0.05) is 18.2 Å². The average Bonchev–Trinajstić information content (AvgIpc) is 3.04. The van der Waals surface area contributed by atoms with E-state index in [0.29, 0.717) is 6.54 Å². The van der Waals surface area contributed by atoms with E-state index in [-0.39, 0.29) is 29.3 Å². The van der Waals surface area contributed by atoms with Crippen LogP contribution in [0.15, 0.2) is 52.3 Å². The Kier molecular flexibility index (Phi) is 4.97. The molecule has 0 fully saturated rings. The molecule has 0 unspecified atom stereocenters. The highest BCUT2D eigenvalue weighted by Gasteiger charge is 2.24. The number of aryl methyl sites for hydroxylation is 1. The van der Waals surface area contributed by atoms with Crippen molar-refractivity contribution in [2.75, 3.05) is 25.5 Å². The van der Waals surface area contributed by atoms with Crippen LogP contribution in [0, 0.1) is 0 Å². The van der Waals surface area contributed by atoms with Gasteiger partial charge in [0.15, 0.2) is 0 Å². The van der Waals surface area contributed by atoms with E-state index in [0.717, 1.165) is 22.0 Å². The van der Waals surface area contributed by atoms with E-state index in [2.05, 4.69) is 0 Å². The van der Waals surface area contributed by atoms with Gasteiger partial charge in [-0.05, 0) is 24.1 Å². The van der Waals surface area contributed by atoms with Crippen molar-refractivity contribution >= 4 is 21.6 Å². The minimum Gasteiger partial charge on any atom is -0.314 e. The van der Waals surface area contributed by atoms with Crippen molar-refractivity contribution in [3.05, 3.63) is 58.5 Å². The van der Waals surface area contributed by atoms with Crippen LogP contribution >= 0.6 is 0 Å². The fourth-order valence-electron chi connectivity index (χ4n) is 3.00. The number of pyridine rings is 1. The Balaban J connectivity index is 1.76. The predicted octanol–water partition coefficient (Wildman–Crippen LogP) is 1.08. The van der Waals surface area contributed by atoms with Gasteiger partial charge in [-0.2, -0.15) is 0 Å². The maximum Gasteiger partial charge on any atom is 0.250 e. The molecule has 0 atom stereocenters. The fraction of sp³-hybridized carbons (Fsp3) is 0.333. The zero-order valence-corrected chi connectivity index (χ0v) is 15.6. The van der Waals surface area contributed by atoms with Crippen molar-refractivity contribution in [1.82, 2.24) is 8.87 Å². The smallest absolute Gasteiger partial charge is 0.250 e. The van der Waals surface area contributed by atoms with E-state index in [1.165, 1.54) is 37.0 Å². The second kappa shape index (κ2) is 7.05. The van der Waals surface area contributed by atoms with Crippen LogP contribution in [0.3, 0.4) is 0 Å². The number of sulfonamides is 1. The molecular formula is C18H21N3O4S. The van der Waals surface area contributed by atoms with E-state index in [1.54, 1.807) is 4.90 Å². The van der Waals surface area contributed by atoms with Gasteiger partial charge in [0.1, 0.15) is 0 Å². The molecule has 1 aromatic carbocycles. The second-order valence-corrected chi connectivity index (χ2v) is 8.51. The fourth-order valence-corrected chi connectivity index (χ4v) is 3.92. The molecule has 2 heterocycles. The third-order valence-electron chi connectivity index (χ3n) is 4.49. The van der Waals surface area contributed by atoms with E-state index in [1.807, 2.05) is 24.3 Å². The van der Waals surface area contributed by atoms with Crippen LogP contribution < -0.4 is 10.5 Å². The van der Waals surface area contributed by atoms with E-state index in [4.69, 9.17) is 0 Å². The van der Waals surface area contributed by atoms with Gasteiger partial charge in [-0.15, -0.1) is 0 Å². The van der Waals surface area contributed by atoms with Gasteiger partial charge in [0.05, 0.1) is 4.90 Å². The Labute approximate surface area is 152 Å². The van der Waals surface area contributed by atoms with E-state index in [9.17, 15) is 18.0 Å². The van der Waals surface area contributed by atoms with Crippen LogP contribution in [0.1, 0.15) is 12.0 Å². The summed E-state index contributed by atoms with van der Waals surface area (Å²) in [5.41, 5.74) is 1.71. The maximum absolute atomic E-state index is 12.6. The molecule has 7 nitrogen and oxygen atoms in total. The molecule has 138 valence electrons. The van der Waals surface area contributed by atoms with Gasteiger partial charge in [-0.3, -0.25) is 9.59 Å². The van der Waals surface area contributed by atoms with Gasteiger partial charge < -0.3 is 9.47 Å². The third-order valence-corrected chi connectivity index (χ3v) is 6.29. The lowest BCUT2D eigenvalue weighted by Crippen LogP contribution is -2.31. The number of aromatic nitrogens is 1. The highest BCUT2D eigenvalue weighted by Crippen LogP contribution is 2.27. The van der Waals surface area contributed by atoms with Gasteiger partial charge >= 0.3 is 0 Å². The van der Waals surface area contributed by atoms with Crippen molar-refractivity contribution in [1.29, 1.82) is 0 Å². The summed E-state index contributed by atoms with van der Waals surface area (Å²) < 4.78 is 26.8. The van der Waals surface area contributed by atoms with Crippen LogP contribution in [-0.4, -0.2) is 43.8 Å². The van der Waals surface area contributed by atoms with Gasteiger partial charge in [0.2, 0.25) is 15.9 Å². The summed E-state index contributed by atoms with van der Waals surface area (Å²) in [6.07, 6.45) is 2.24. The van der Waals surface area contributed by atoms with Crippen LogP contribution in [0.5, 0.6) is 0 Å². The summed E-state index contributed by atoms with van der Waals surface area (Å²) in [6.45, 7) is 0.759. The molecule has 8 heteroatoms. The number of para-hydroxylation sites is 1. The molecule has 0 bridgehead atoms. The first kappa shape index (κ1) is 18.3. The normalized spacial score (nSPS) is 13.9. The summed E-state index contributed by atoms with van der Waals surface area (Å²) >= 11 is 0. The SMILES string of the molecule is CN(C)S(=O)(=O)c1ccc(=O)n(CCC(=O)N2CCc3ccccc32)c1. The molecule has 1 aliphatic heterocycles. The molecule has 1 aromatic heterocycles. The number of benzene rings is 1. The maximum atomic E-state index is 12.6. The molecule has 0 radical (unpaired) electrons. The molecule has 0 spiro atoms. The van der Waals surface area contributed by atoms with Crippen molar-refractivity contribution in [3.8, 4) is 0 Å². The summed E-state index contributed by atoms with van der Waals surface area (Å²) in [5.74, 6) is -0.0808. The largest absolute Gasteiger partial charge is 0.314 e. The molecule has 3 rings (SSSR count). The van der Waals surface area contributed by atoms with Crippen molar-refractivity contribution in [2.24, 2.45) is 0 Å². The quantitative estimate of drug-likeness (QED) is 0.783. The van der Waals surface area contributed by atoms with Crippen LogP contribution in [0.2, 0.25) is 0 Å². The standard InChI is InChI=1S/C18H21N3O4S/c1-19(2)26(24,25)15-7-8-17(22)20(13-15)11-10-18(23)21-12-9-14-5-3-4-6-16(14)21/h3-8,13H,9-12H2,1-2H3. The monoisotopic (exact) mass is 375 g/mol. The number of carbonyl (C=O) groups excluding carboxylic acids is 1. The molecule has 1 aliphatic rings. The number of rotatable bonds is 5. The summed E-state index contributed by atoms with van der Waals surface area (Å²) in [7, 11) is -0.773.